The number of rotatable bonds is 5. The predicted octanol–water partition coefficient (Wildman–Crippen LogP) is 6.92. The van der Waals surface area contributed by atoms with Gasteiger partial charge in [-0.2, -0.15) is 0 Å². The Bertz CT molecular complexity index is 1520. The molecule has 1 unspecified atom stereocenters. The van der Waals surface area contributed by atoms with Crippen LogP contribution in [0.25, 0.3) is 22.2 Å². The third-order valence-corrected chi connectivity index (χ3v) is 7.04. The van der Waals surface area contributed by atoms with Crippen molar-refractivity contribution in [2.75, 3.05) is 18.4 Å². The summed E-state index contributed by atoms with van der Waals surface area (Å²) in [6.45, 7) is 6.09. The van der Waals surface area contributed by atoms with Gasteiger partial charge in [-0.3, -0.25) is 5.32 Å². The Hall–Kier alpha value is -4.12. The van der Waals surface area contributed by atoms with E-state index in [1.54, 1.807) is 20.8 Å². The van der Waals surface area contributed by atoms with Gasteiger partial charge in [0.25, 0.3) is 0 Å². The number of para-hydroxylation sites is 1. The van der Waals surface area contributed by atoms with Gasteiger partial charge in [0.1, 0.15) is 34.9 Å². The van der Waals surface area contributed by atoms with Crippen LogP contribution in [0.2, 0.25) is 0 Å². The number of anilines is 1. The quantitative estimate of drug-likeness (QED) is 0.257. The molecule has 1 aliphatic rings. The molecule has 4 aromatic rings. The molecule has 2 N–H and O–H groups in total. The molecule has 39 heavy (non-hydrogen) atoms. The summed E-state index contributed by atoms with van der Waals surface area (Å²) >= 11 is 3.77. The van der Waals surface area contributed by atoms with Gasteiger partial charge in [0.05, 0.1) is 16.0 Å². The average Bonchev–Trinajstić information content (AvgIpc) is 3.47. The third-order valence-electron chi connectivity index (χ3n) is 6.26. The number of hydrogen-bond acceptors (Lipinski definition) is 6. The number of aromatic nitrogens is 3. The monoisotopic (exact) mass is 593 g/mol. The molecular formula is C28H28BrN5O5. The van der Waals surface area contributed by atoms with Gasteiger partial charge < -0.3 is 24.0 Å². The Kier molecular flexibility index (Phi) is 7.17. The molecular weight excluding hydrogens is 566 g/mol. The first-order valence-corrected chi connectivity index (χ1v) is 13.3. The Morgan fingerprint density at radius 3 is 2.38 bits per heavy atom. The number of halogens is 1. The number of likely N-dealkylation sites (tertiary alicyclic amines) is 1. The lowest BCUT2D eigenvalue weighted by molar-refractivity contribution is 0.0635. The highest BCUT2D eigenvalue weighted by Crippen LogP contribution is 2.44. The number of carbonyl (C=O) groups is 2. The van der Waals surface area contributed by atoms with Crippen LogP contribution in [0.5, 0.6) is 11.5 Å². The van der Waals surface area contributed by atoms with Crippen molar-refractivity contribution in [2.24, 2.45) is 0 Å². The minimum absolute atomic E-state index is 0.156. The van der Waals surface area contributed by atoms with E-state index in [4.69, 9.17) is 9.47 Å². The Morgan fingerprint density at radius 2 is 1.74 bits per heavy atom. The summed E-state index contributed by atoms with van der Waals surface area (Å²) in [4.78, 5) is 34.6. The number of fused-ring (bicyclic) bond motifs is 1. The maximum atomic E-state index is 12.7. The molecule has 1 fully saturated rings. The van der Waals surface area contributed by atoms with E-state index < -0.39 is 17.8 Å². The highest BCUT2D eigenvalue weighted by molar-refractivity contribution is 9.10. The van der Waals surface area contributed by atoms with Crippen molar-refractivity contribution in [3.05, 3.63) is 65.5 Å². The Morgan fingerprint density at radius 1 is 1.05 bits per heavy atom. The van der Waals surface area contributed by atoms with E-state index in [1.165, 1.54) is 11.2 Å². The average molecular weight is 594 g/mol. The minimum atomic E-state index is -0.957. The first kappa shape index (κ1) is 26.5. The smallest absolute Gasteiger partial charge is 0.413 e. The molecule has 11 heteroatoms. The summed E-state index contributed by atoms with van der Waals surface area (Å²) in [6, 6.07) is 16.9. The molecule has 0 saturated carbocycles. The van der Waals surface area contributed by atoms with Crippen LogP contribution in [-0.2, 0) is 4.74 Å². The minimum Gasteiger partial charge on any atom is -0.465 e. The SMILES string of the molecule is CC(C)(C)OC(=O)Nc1ncnc2c1c(-c1ccc(Oc3ccccc3)cc1)c(Br)n2C1CCN(C(=O)O)C1. The van der Waals surface area contributed by atoms with E-state index in [0.717, 1.165) is 16.9 Å². The van der Waals surface area contributed by atoms with Gasteiger partial charge in [-0.25, -0.2) is 19.6 Å². The summed E-state index contributed by atoms with van der Waals surface area (Å²) in [7, 11) is 0. The van der Waals surface area contributed by atoms with Gasteiger partial charge in [-0.1, -0.05) is 30.3 Å². The van der Waals surface area contributed by atoms with E-state index in [9.17, 15) is 14.7 Å². The summed E-state index contributed by atoms with van der Waals surface area (Å²) in [5, 5.41) is 12.9. The molecule has 0 radical (unpaired) electrons. The largest absolute Gasteiger partial charge is 0.465 e. The van der Waals surface area contributed by atoms with Crippen LogP contribution in [0, 0.1) is 0 Å². The number of nitrogens with one attached hydrogen (secondary N) is 1. The van der Waals surface area contributed by atoms with Gasteiger partial charge in [-0.15, -0.1) is 0 Å². The Balaban J connectivity index is 1.59. The zero-order valence-corrected chi connectivity index (χ0v) is 23.3. The number of amides is 2. The van der Waals surface area contributed by atoms with Crippen molar-refractivity contribution >= 4 is 45.0 Å². The zero-order valence-electron chi connectivity index (χ0n) is 21.7. The molecule has 1 atom stereocenters. The number of carbonyl (C=O) groups excluding carboxylic acids is 1. The number of hydrogen-bond donors (Lipinski definition) is 2. The van der Waals surface area contributed by atoms with Gasteiger partial charge in [-0.05, 0) is 73.0 Å². The standard InChI is InChI=1S/C28H28BrN5O5/c1-28(2,3)39-26(35)32-24-22-21(17-9-11-20(12-10-17)38-19-7-5-4-6-8-19)23(29)34(25(22)31-16-30-24)18-13-14-33(15-18)27(36)37/h4-12,16,18H,13-15H2,1-3H3,(H,36,37)(H,30,31,32,35). The second-order valence-corrected chi connectivity index (χ2v) is 10.9. The van der Waals surface area contributed by atoms with Gasteiger partial charge in [0.15, 0.2) is 0 Å². The molecule has 2 amide bonds. The van der Waals surface area contributed by atoms with Gasteiger partial charge >= 0.3 is 12.2 Å². The lowest BCUT2D eigenvalue weighted by Gasteiger charge is -2.19. The molecule has 5 rings (SSSR count). The highest BCUT2D eigenvalue weighted by Gasteiger charge is 2.32. The van der Waals surface area contributed by atoms with Crippen molar-refractivity contribution in [1.29, 1.82) is 0 Å². The highest BCUT2D eigenvalue weighted by atomic mass is 79.9. The van der Waals surface area contributed by atoms with Crippen molar-refractivity contribution in [1.82, 2.24) is 19.4 Å². The van der Waals surface area contributed by atoms with Crippen molar-refractivity contribution in [2.45, 2.75) is 38.8 Å². The fraction of sp³-hybridized carbons (Fsp3) is 0.286. The number of nitrogens with zero attached hydrogens (tertiary/aromatic N) is 4. The zero-order chi connectivity index (χ0) is 27.7. The van der Waals surface area contributed by atoms with Crippen LogP contribution in [0.15, 0.2) is 65.5 Å². The molecule has 2 aromatic carbocycles. The Labute approximate surface area is 233 Å². The molecule has 1 saturated heterocycles. The second-order valence-electron chi connectivity index (χ2n) is 10.2. The first-order chi connectivity index (χ1) is 18.6. The predicted molar refractivity (Wildman–Crippen MR) is 150 cm³/mol. The van der Waals surface area contributed by atoms with E-state index in [2.05, 4.69) is 31.2 Å². The van der Waals surface area contributed by atoms with Gasteiger partial charge in [0.2, 0.25) is 0 Å². The van der Waals surface area contributed by atoms with Crippen molar-refractivity contribution < 1.29 is 24.2 Å². The van der Waals surface area contributed by atoms with Crippen LogP contribution >= 0.6 is 15.9 Å². The molecule has 2 aromatic heterocycles. The molecule has 0 bridgehead atoms. The lowest BCUT2D eigenvalue weighted by atomic mass is 10.1. The van der Waals surface area contributed by atoms with E-state index in [-0.39, 0.29) is 6.04 Å². The summed E-state index contributed by atoms with van der Waals surface area (Å²) in [5.74, 6) is 1.69. The number of ether oxygens (including phenoxy) is 2. The number of carboxylic acid groups (broad SMARTS) is 1. The normalized spacial score (nSPS) is 15.4. The third kappa shape index (κ3) is 5.68. The molecule has 3 heterocycles. The lowest BCUT2D eigenvalue weighted by Crippen LogP contribution is -2.27. The fourth-order valence-corrected chi connectivity index (χ4v) is 5.52. The van der Waals surface area contributed by atoms with E-state index in [1.807, 2.05) is 59.2 Å². The van der Waals surface area contributed by atoms with E-state index >= 15 is 0 Å². The first-order valence-electron chi connectivity index (χ1n) is 12.5. The topological polar surface area (TPSA) is 119 Å². The van der Waals surface area contributed by atoms with Crippen LogP contribution < -0.4 is 10.1 Å². The fourth-order valence-electron chi connectivity index (χ4n) is 4.64. The molecule has 10 nitrogen and oxygen atoms in total. The molecule has 0 spiro atoms. The number of benzene rings is 2. The molecule has 1 aliphatic heterocycles. The van der Waals surface area contributed by atoms with Crippen LogP contribution in [0.4, 0.5) is 15.4 Å². The van der Waals surface area contributed by atoms with Crippen molar-refractivity contribution in [3.8, 4) is 22.6 Å². The van der Waals surface area contributed by atoms with Gasteiger partial charge in [0, 0.05) is 18.7 Å². The van der Waals surface area contributed by atoms with E-state index in [0.29, 0.717) is 46.7 Å². The summed E-state index contributed by atoms with van der Waals surface area (Å²) < 4.78 is 14.1. The molecule has 202 valence electrons. The van der Waals surface area contributed by atoms with Crippen LogP contribution in [0.3, 0.4) is 0 Å². The maximum Gasteiger partial charge on any atom is 0.413 e. The maximum absolute atomic E-state index is 12.7. The summed E-state index contributed by atoms with van der Waals surface area (Å²) in [5.41, 5.74) is 1.47. The summed E-state index contributed by atoms with van der Waals surface area (Å²) in [6.07, 6.45) is 0.405. The molecule has 0 aliphatic carbocycles. The van der Waals surface area contributed by atoms with Crippen LogP contribution in [-0.4, -0.2) is 55.4 Å². The van der Waals surface area contributed by atoms with Crippen LogP contribution in [0.1, 0.15) is 33.2 Å². The van der Waals surface area contributed by atoms with Crippen molar-refractivity contribution in [3.63, 3.8) is 0 Å². The second kappa shape index (κ2) is 10.6.